The van der Waals surface area contributed by atoms with Crippen LogP contribution >= 0.6 is 11.6 Å². The highest BCUT2D eigenvalue weighted by Gasteiger charge is 2.13. The van der Waals surface area contributed by atoms with E-state index < -0.39 is 0 Å². The Morgan fingerprint density at radius 1 is 1.24 bits per heavy atom. The fourth-order valence-electron chi connectivity index (χ4n) is 1.39. The highest BCUT2D eigenvalue weighted by atomic mass is 35.5. The topological polar surface area (TPSA) is 57.4 Å². The van der Waals surface area contributed by atoms with E-state index in [4.69, 9.17) is 25.5 Å². The third kappa shape index (κ3) is 2.34. The van der Waals surface area contributed by atoms with E-state index in [9.17, 15) is 0 Å². The van der Waals surface area contributed by atoms with Gasteiger partial charge in [0, 0.05) is 6.07 Å². The van der Waals surface area contributed by atoms with E-state index in [1.165, 1.54) is 0 Å². The van der Waals surface area contributed by atoms with Crippen LogP contribution < -0.4 is 9.47 Å². The van der Waals surface area contributed by atoms with Gasteiger partial charge < -0.3 is 13.9 Å². The molecule has 0 aliphatic rings. The molecule has 0 atom stereocenters. The number of hydrogen-bond acceptors (Lipinski definition) is 5. The summed E-state index contributed by atoms with van der Waals surface area (Å²) in [5.41, 5.74) is 0.706. The van der Waals surface area contributed by atoms with Crippen molar-refractivity contribution in [2.24, 2.45) is 0 Å². The van der Waals surface area contributed by atoms with E-state index >= 15 is 0 Å². The third-order valence-electron chi connectivity index (χ3n) is 2.22. The van der Waals surface area contributed by atoms with Crippen LogP contribution in [0.2, 0.25) is 0 Å². The maximum atomic E-state index is 5.60. The van der Waals surface area contributed by atoms with Crippen LogP contribution in [0.1, 0.15) is 5.89 Å². The van der Waals surface area contributed by atoms with E-state index in [2.05, 4.69) is 10.2 Å². The van der Waals surface area contributed by atoms with Crippen LogP contribution in [0, 0.1) is 0 Å². The molecule has 0 aliphatic carbocycles. The summed E-state index contributed by atoms with van der Waals surface area (Å²) in [6.45, 7) is 0. The van der Waals surface area contributed by atoms with Crippen molar-refractivity contribution in [2.75, 3.05) is 14.2 Å². The molecular weight excluding hydrogens is 244 g/mol. The summed E-state index contributed by atoms with van der Waals surface area (Å²) in [5, 5.41) is 7.69. The average molecular weight is 255 g/mol. The van der Waals surface area contributed by atoms with Crippen molar-refractivity contribution >= 4 is 11.6 Å². The number of alkyl halides is 1. The van der Waals surface area contributed by atoms with Gasteiger partial charge in [-0.05, 0) is 12.1 Å². The minimum atomic E-state index is 0.186. The van der Waals surface area contributed by atoms with E-state index in [-0.39, 0.29) is 5.88 Å². The molecule has 6 heteroatoms. The van der Waals surface area contributed by atoms with Crippen molar-refractivity contribution in [1.29, 1.82) is 0 Å². The van der Waals surface area contributed by atoms with Gasteiger partial charge in [0.25, 0.3) is 5.89 Å². The van der Waals surface area contributed by atoms with Gasteiger partial charge in [-0.2, -0.15) is 0 Å². The monoisotopic (exact) mass is 254 g/mol. The highest BCUT2D eigenvalue weighted by molar-refractivity contribution is 6.16. The molecule has 0 radical (unpaired) electrons. The van der Waals surface area contributed by atoms with Crippen molar-refractivity contribution in [2.45, 2.75) is 5.88 Å². The molecule has 0 aliphatic heterocycles. The minimum absolute atomic E-state index is 0.186. The van der Waals surface area contributed by atoms with Gasteiger partial charge in [0.1, 0.15) is 17.4 Å². The van der Waals surface area contributed by atoms with Crippen molar-refractivity contribution in [3.05, 3.63) is 24.1 Å². The molecule has 17 heavy (non-hydrogen) atoms. The number of benzene rings is 1. The summed E-state index contributed by atoms with van der Waals surface area (Å²) in [7, 11) is 3.16. The molecule has 0 amide bonds. The van der Waals surface area contributed by atoms with Crippen LogP contribution in [0.15, 0.2) is 22.6 Å². The van der Waals surface area contributed by atoms with Crippen LogP contribution in [-0.2, 0) is 5.88 Å². The first-order valence-electron chi connectivity index (χ1n) is 4.89. The number of methoxy groups -OCH3 is 2. The molecule has 2 aromatic rings. The molecule has 90 valence electrons. The van der Waals surface area contributed by atoms with Crippen LogP contribution in [0.3, 0.4) is 0 Å². The summed E-state index contributed by atoms with van der Waals surface area (Å²) in [5.74, 6) is 2.24. The van der Waals surface area contributed by atoms with Gasteiger partial charge in [-0.25, -0.2) is 0 Å². The maximum Gasteiger partial charge on any atom is 0.251 e. The molecule has 1 aromatic carbocycles. The number of ether oxygens (including phenoxy) is 2. The summed E-state index contributed by atoms with van der Waals surface area (Å²) in [4.78, 5) is 0. The molecule has 0 fully saturated rings. The first-order chi connectivity index (χ1) is 8.28. The number of hydrogen-bond donors (Lipinski definition) is 0. The van der Waals surface area contributed by atoms with E-state index in [1.807, 2.05) is 0 Å². The summed E-state index contributed by atoms with van der Waals surface area (Å²) < 4.78 is 15.7. The lowest BCUT2D eigenvalue weighted by Gasteiger charge is -2.07. The predicted octanol–water partition coefficient (Wildman–Crippen LogP) is 2.49. The van der Waals surface area contributed by atoms with Gasteiger partial charge in [-0.1, -0.05) is 0 Å². The summed E-state index contributed by atoms with van der Waals surface area (Å²) >= 11 is 5.60. The van der Waals surface area contributed by atoms with Gasteiger partial charge in [-0.3, -0.25) is 0 Å². The zero-order valence-electron chi connectivity index (χ0n) is 9.44. The third-order valence-corrected chi connectivity index (χ3v) is 2.45. The number of aromatic nitrogens is 2. The van der Waals surface area contributed by atoms with Gasteiger partial charge in [0.05, 0.1) is 19.8 Å². The van der Waals surface area contributed by atoms with E-state index in [1.54, 1.807) is 32.4 Å². The Hall–Kier alpha value is -1.75. The second-order valence-electron chi connectivity index (χ2n) is 3.20. The zero-order valence-corrected chi connectivity index (χ0v) is 10.2. The van der Waals surface area contributed by atoms with Crippen molar-refractivity contribution < 1.29 is 13.9 Å². The SMILES string of the molecule is COc1ccc(-c2nnc(CCl)o2)c(OC)c1. The Morgan fingerprint density at radius 2 is 2.06 bits per heavy atom. The lowest BCUT2D eigenvalue weighted by molar-refractivity contribution is 0.394. The fourth-order valence-corrected chi connectivity index (χ4v) is 1.50. The normalized spacial score (nSPS) is 10.3. The van der Waals surface area contributed by atoms with Gasteiger partial charge in [-0.15, -0.1) is 21.8 Å². The molecule has 5 nitrogen and oxygen atoms in total. The fraction of sp³-hybridized carbons (Fsp3) is 0.273. The van der Waals surface area contributed by atoms with Gasteiger partial charge in [0.2, 0.25) is 5.89 Å². The van der Waals surface area contributed by atoms with Crippen molar-refractivity contribution in [3.63, 3.8) is 0 Å². The minimum Gasteiger partial charge on any atom is -0.497 e. The Labute approximate surface area is 103 Å². The maximum absolute atomic E-state index is 5.60. The molecule has 1 aromatic heterocycles. The lowest BCUT2D eigenvalue weighted by atomic mass is 10.2. The molecule has 0 bridgehead atoms. The first kappa shape index (κ1) is 11.7. The lowest BCUT2D eigenvalue weighted by Crippen LogP contribution is -1.90. The van der Waals surface area contributed by atoms with Crippen molar-refractivity contribution in [1.82, 2.24) is 10.2 Å². The van der Waals surface area contributed by atoms with Gasteiger partial charge in [0.15, 0.2) is 0 Å². The first-order valence-corrected chi connectivity index (χ1v) is 5.42. The molecular formula is C11H11ClN2O3. The van der Waals surface area contributed by atoms with Gasteiger partial charge >= 0.3 is 0 Å². The second kappa shape index (κ2) is 5.05. The van der Waals surface area contributed by atoms with Crippen molar-refractivity contribution in [3.8, 4) is 23.0 Å². The van der Waals surface area contributed by atoms with Crippen LogP contribution in [0.5, 0.6) is 11.5 Å². The Balaban J connectivity index is 2.43. The molecule has 2 rings (SSSR count). The molecule has 0 spiro atoms. The van der Waals surface area contributed by atoms with E-state index in [0.29, 0.717) is 28.8 Å². The number of nitrogens with zero attached hydrogens (tertiary/aromatic N) is 2. The number of halogens is 1. The highest BCUT2D eigenvalue weighted by Crippen LogP contribution is 2.32. The zero-order chi connectivity index (χ0) is 12.3. The standard InChI is InChI=1S/C11H11ClN2O3/c1-15-7-3-4-8(9(5-7)16-2)11-14-13-10(6-12)17-11/h3-5H,6H2,1-2H3. The van der Waals surface area contributed by atoms with Crippen LogP contribution in [0.4, 0.5) is 0 Å². The smallest absolute Gasteiger partial charge is 0.251 e. The molecule has 1 heterocycles. The quantitative estimate of drug-likeness (QED) is 0.785. The molecule has 0 N–H and O–H groups in total. The predicted molar refractivity (Wildman–Crippen MR) is 62.4 cm³/mol. The second-order valence-corrected chi connectivity index (χ2v) is 3.47. The van der Waals surface area contributed by atoms with E-state index in [0.717, 1.165) is 0 Å². The van der Waals surface area contributed by atoms with Crippen LogP contribution in [0.25, 0.3) is 11.5 Å². The largest absolute Gasteiger partial charge is 0.497 e. The Bertz CT molecular complexity index is 513. The molecule has 0 unspecified atom stereocenters. The summed E-state index contributed by atoms with van der Waals surface area (Å²) in [6, 6.07) is 5.34. The van der Waals surface area contributed by atoms with Crippen LogP contribution in [-0.4, -0.2) is 24.4 Å². The Morgan fingerprint density at radius 3 is 2.65 bits per heavy atom. The Kier molecular flexibility index (Phi) is 3.49. The average Bonchev–Trinajstić information content (AvgIpc) is 2.86. The molecule has 0 saturated carbocycles. The number of rotatable bonds is 4. The molecule has 0 saturated heterocycles. The summed E-state index contributed by atoms with van der Waals surface area (Å²) in [6.07, 6.45) is 0.